The van der Waals surface area contributed by atoms with Crippen LogP contribution in [0.5, 0.6) is 5.75 Å². The highest BCUT2D eigenvalue weighted by Crippen LogP contribution is 2.21. The molecule has 130 valence electrons. The van der Waals surface area contributed by atoms with Gasteiger partial charge in [0.05, 0.1) is 0 Å². The summed E-state index contributed by atoms with van der Waals surface area (Å²) < 4.78 is 29.5. The van der Waals surface area contributed by atoms with Crippen LogP contribution in [0.15, 0.2) is 23.2 Å². The fraction of sp³-hybridized carbons (Fsp3) is 0.562. The molecule has 0 spiro atoms. The van der Waals surface area contributed by atoms with Crippen molar-refractivity contribution in [2.75, 3.05) is 33.7 Å². The number of alkyl halides is 2. The van der Waals surface area contributed by atoms with E-state index in [-0.39, 0.29) is 5.75 Å². The number of benzene rings is 1. The van der Waals surface area contributed by atoms with E-state index in [1.165, 1.54) is 0 Å². The molecule has 0 saturated carbocycles. The summed E-state index contributed by atoms with van der Waals surface area (Å²) in [5.41, 5.74) is 1.65. The lowest BCUT2D eigenvalue weighted by Gasteiger charge is -2.17. The molecule has 1 aromatic carbocycles. The molecule has 0 bridgehead atoms. The zero-order valence-corrected chi connectivity index (χ0v) is 14.2. The molecule has 0 amide bonds. The van der Waals surface area contributed by atoms with E-state index in [1.54, 1.807) is 19.2 Å². The Morgan fingerprint density at radius 3 is 2.70 bits per heavy atom. The highest BCUT2D eigenvalue weighted by molar-refractivity contribution is 5.79. The first kappa shape index (κ1) is 19.2. The zero-order chi connectivity index (χ0) is 17.2. The summed E-state index contributed by atoms with van der Waals surface area (Å²) in [4.78, 5) is 6.30. The number of nitrogens with zero attached hydrogens (tertiary/aromatic N) is 2. The largest absolute Gasteiger partial charge is 0.434 e. The number of guanidine groups is 1. The molecule has 0 aliphatic heterocycles. The molecular formula is C16H26F2N4O. The van der Waals surface area contributed by atoms with Crippen LogP contribution in [0.25, 0.3) is 0 Å². The minimum absolute atomic E-state index is 0.180. The molecule has 23 heavy (non-hydrogen) atoms. The number of rotatable bonds is 8. The van der Waals surface area contributed by atoms with Crippen LogP contribution in [-0.4, -0.2) is 51.2 Å². The summed E-state index contributed by atoms with van der Waals surface area (Å²) in [7, 11) is 3.71. The van der Waals surface area contributed by atoms with Gasteiger partial charge in [0.2, 0.25) is 0 Å². The van der Waals surface area contributed by atoms with Crippen LogP contribution in [0.3, 0.4) is 0 Å². The van der Waals surface area contributed by atoms with Gasteiger partial charge in [-0.1, -0.05) is 24.6 Å². The molecule has 0 radical (unpaired) electrons. The van der Waals surface area contributed by atoms with Gasteiger partial charge in [0.1, 0.15) is 5.75 Å². The Hall–Kier alpha value is -1.89. The van der Waals surface area contributed by atoms with Crippen LogP contribution in [0.2, 0.25) is 0 Å². The maximum absolute atomic E-state index is 12.5. The summed E-state index contributed by atoms with van der Waals surface area (Å²) in [5, 5.41) is 6.30. The van der Waals surface area contributed by atoms with Gasteiger partial charge in [-0.15, -0.1) is 0 Å². The second kappa shape index (κ2) is 9.99. The Morgan fingerprint density at radius 1 is 1.35 bits per heavy atom. The molecule has 0 atom stereocenters. The summed E-state index contributed by atoms with van der Waals surface area (Å²) >= 11 is 0. The molecule has 1 rings (SSSR count). The first-order valence-electron chi connectivity index (χ1n) is 7.63. The maximum Gasteiger partial charge on any atom is 0.387 e. The monoisotopic (exact) mass is 328 g/mol. The molecule has 7 heteroatoms. The van der Waals surface area contributed by atoms with Gasteiger partial charge in [0.15, 0.2) is 5.96 Å². The molecule has 0 unspecified atom stereocenters. The van der Waals surface area contributed by atoms with Gasteiger partial charge in [-0.05, 0) is 26.6 Å². The molecule has 0 aliphatic carbocycles. The van der Waals surface area contributed by atoms with Crippen LogP contribution < -0.4 is 15.4 Å². The zero-order valence-electron chi connectivity index (χ0n) is 14.2. The van der Waals surface area contributed by atoms with Crippen molar-refractivity contribution in [1.29, 1.82) is 0 Å². The van der Waals surface area contributed by atoms with Gasteiger partial charge in [0.25, 0.3) is 0 Å². The van der Waals surface area contributed by atoms with E-state index in [0.29, 0.717) is 18.1 Å². The second-order valence-corrected chi connectivity index (χ2v) is 5.24. The van der Waals surface area contributed by atoms with E-state index in [9.17, 15) is 8.78 Å². The van der Waals surface area contributed by atoms with E-state index >= 15 is 0 Å². The first-order valence-corrected chi connectivity index (χ1v) is 7.63. The maximum atomic E-state index is 12.5. The number of ether oxygens (including phenoxy) is 1. The van der Waals surface area contributed by atoms with E-state index < -0.39 is 6.61 Å². The second-order valence-electron chi connectivity index (χ2n) is 5.24. The van der Waals surface area contributed by atoms with Crippen molar-refractivity contribution >= 4 is 5.96 Å². The molecular weight excluding hydrogens is 302 g/mol. The first-order chi connectivity index (χ1) is 11.0. The molecule has 2 N–H and O–H groups in total. The SMILES string of the molecule is CCN(C)CCNC(=NC)NCc1cc(C)ccc1OC(F)F. The van der Waals surface area contributed by atoms with Gasteiger partial charge < -0.3 is 20.3 Å². The summed E-state index contributed by atoms with van der Waals surface area (Å²) in [6.45, 7) is 4.13. The van der Waals surface area contributed by atoms with Crippen LogP contribution in [0.1, 0.15) is 18.1 Å². The van der Waals surface area contributed by atoms with Crippen molar-refractivity contribution in [3.05, 3.63) is 29.3 Å². The Bertz CT molecular complexity index is 509. The van der Waals surface area contributed by atoms with E-state index in [2.05, 4.69) is 32.2 Å². The molecule has 0 heterocycles. The van der Waals surface area contributed by atoms with Crippen molar-refractivity contribution < 1.29 is 13.5 Å². The lowest BCUT2D eigenvalue weighted by Crippen LogP contribution is -2.40. The van der Waals surface area contributed by atoms with Crippen molar-refractivity contribution in [2.45, 2.75) is 27.0 Å². The van der Waals surface area contributed by atoms with Crippen molar-refractivity contribution in [1.82, 2.24) is 15.5 Å². The third-order valence-corrected chi connectivity index (χ3v) is 3.43. The minimum atomic E-state index is -2.83. The molecule has 5 nitrogen and oxygen atoms in total. The number of aryl methyl sites for hydroxylation is 1. The number of likely N-dealkylation sites (N-methyl/N-ethyl adjacent to an activating group) is 1. The van der Waals surface area contributed by atoms with E-state index in [1.807, 2.05) is 20.0 Å². The van der Waals surface area contributed by atoms with Crippen molar-refractivity contribution in [2.24, 2.45) is 4.99 Å². The van der Waals surface area contributed by atoms with Crippen LogP contribution >= 0.6 is 0 Å². The van der Waals surface area contributed by atoms with Crippen LogP contribution in [-0.2, 0) is 6.54 Å². The summed E-state index contributed by atoms with van der Waals surface area (Å²) in [6.07, 6.45) is 0. The third-order valence-electron chi connectivity index (χ3n) is 3.43. The number of hydrogen-bond acceptors (Lipinski definition) is 3. The molecule has 0 saturated heterocycles. The molecule has 0 aromatic heterocycles. The molecule has 0 aliphatic rings. The fourth-order valence-corrected chi connectivity index (χ4v) is 1.98. The smallest absolute Gasteiger partial charge is 0.387 e. The van der Waals surface area contributed by atoms with Gasteiger partial charge in [-0.3, -0.25) is 4.99 Å². The normalized spacial score (nSPS) is 11.9. The van der Waals surface area contributed by atoms with Crippen molar-refractivity contribution in [3.8, 4) is 5.75 Å². The highest BCUT2D eigenvalue weighted by Gasteiger charge is 2.10. The Kier molecular flexibility index (Phi) is 8.32. The molecule has 1 aromatic rings. The quantitative estimate of drug-likeness (QED) is 0.567. The highest BCUT2D eigenvalue weighted by atomic mass is 19.3. The Labute approximate surface area is 136 Å². The third kappa shape index (κ3) is 7.27. The van der Waals surface area contributed by atoms with Gasteiger partial charge in [-0.2, -0.15) is 8.78 Å². The van der Waals surface area contributed by atoms with Crippen LogP contribution in [0.4, 0.5) is 8.78 Å². The van der Waals surface area contributed by atoms with Gasteiger partial charge in [0, 0.05) is 32.2 Å². The average Bonchev–Trinajstić information content (AvgIpc) is 2.52. The Morgan fingerprint density at radius 2 is 2.09 bits per heavy atom. The predicted molar refractivity (Wildman–Crippen MR) is 89.2 cm³/mol. The lowest BCUT2D eigenvalue weighted by atomic mass is 10.1. The fourth-order valence-electron chi connectivity index (χ4n) is 1.98. The van der Waals surface area contributed by atoms with Gasteiger partial charge >= 0.3 is 6.61 Å². The lowest BCUT2D eigenvalue weighted by molar-refractivity contribution is -0.0504. The van der Waals surface area contributed by atoms with E-state index in [4.69, 9.17) is 0 Å². The topological polar surface area (TPSA) is 48.9 Å². The minimum Gasteiger partial charge on any atom is -0.434 e. The van der Waals surface area contributed by atoms with Crippen LogP contribution in [0, 0.1) is 6.92 Å². The number of nitrogens with one attached hydrogen (secondary N) is 2. The van der Waals surface area contributed by atoms with Crippen molar-refractivity contribution in [3.63, 3.8) is 0 Å². The molecule has 0 fully saturated rings. The number of halogens is 2. The summed E-state index contributed by atoms with van der Waals surface area (Å²) in [5.74, 6) is 0.804. The number of hydrogen-bond donors (Lipinski definition) is 2. The summed E-state index contributed by atoms with van der Waals surface area (Å²) in [6, 6.07) is 5.13. The number of aliphatic imine (C=N–C) groups is 1. The standard InChI is InChI=1S/C16H26F2N4O/c1-5-22(4)9-8-20-16(19-3)21-11-13-10-12(2)6-7-14(13)23-15(17)18/h6-7,10,15H,5,8-9,11H2,1-4H3,(H2,19,20,21). The van der Waals surface area contributed by atoms with E-state index in [0.717, 1.165) is 25.2 Å². The average molecular weight is 328 g/mol. The predicted octanol–water partition coefficient (Wildman–Crippen LogP) is 2.21. The Balaban J connectivity index is 2.59. The van der Waals surface area contributed by atoms with Gasteiger partial charge in [-0.25, -0.2) is 0 Å².